The number of anilines is 3. The van der Waals surface area contributed by atoms with Gasteiger partial charge >= 0.3 is 0 Å². The molecule has 2 fully saturated rings. The van der Waals surface area contributed by atoms with Crippen LogP contribution in [0.1, 0.15) is 26.7 Å². The van der Waals surface area contributed by atoms with Crippen molar-refractivity contribution in [1.29, 1.82) is 5.26 Å². The molecule has 0 spiro atoms. The first kappa shape index (κ1) is 33.9. The lowest BCUT2D eigenvalue weighted by molar-refractivity contribution is -0.131. The Balaban J connectivity index is 1.25. The predicted molar refractivity (Wildman–Crippen MR) is 180 cm³/mol. The van der Waals surface area contributed by atoms with E-state index in [-0.39, 0.29) is 28.3 Å². The lowest BCUT2D eigenvalue weighted by atomic mass is 10.1. The van der Waals surface area contributed by atoms with Gasteiger partial charge in [0.1, 0.15) is 11.7 Å². The van der Waals surface area contributed by atoms with Crippen LogP contribution in [0.4, 0.5) is 17.1 Å². The number of thioether (sulfide) groups is 1. The molecule has 3 atom stereocenters. The summed E-state index contributed by atoms with van der Waals surface area (Å²) in [6.07, 6.45) is 0.922. The summed E-state index contributed by atoms with van der Waals surface area (Å²) in [5, 5.41) is 15.2. The predicted octanol–water partition coefficient (Wildman–Crippen LogP) is 3.24. The molecule has 12 heteroatoms. The molecular formula is C33H45N7O4S. The fourth-order valence-corrected chi connectivity index (χ4v) is 7.34. The van der Waals surface area contributed by atoms with Crippen molar-refractivity contribution in [3.8, 4) is 11.8 Å². The Morgan fingerprint density at radius 3 is 2.58 bits per heavy atom. The zero-order valence-corrected chi connectivity index (χ0v) is 27.5. The molecule has 2 saturated heterocycles. The van der Waals surface area contributed by atoms with Crippen LogP contribution in [-0.4, -0.2) is 105 Å². The second kappa shape index (κ2) is 16.4. The lowest BCUT2D eigenvalue weighted by Crippen LogP contribution is -2.49. The summed E-state index contributed by atoms with van der Waals surface area (Å²) in [4.78, 5) is 46.5. The van der Waals surface area contributed by atoms with Gasteiger partial charge in [-0.05, 0) is 50.6 Å². The minimum absolute atomic E-state index is 0.0276. The number of methoxy groups -OCH3 is 1. The second-order valence-electron chi connectivity index (χ2n) is 11.2. The maximum absolute atomic E-state index is 13.2. The van der Waals surface area contributed by atoms with Crippen molar-refractivity contribution in [3.63, 3.8) is 0 Å². The number of piperazine rings is 1. The van der Waals surface area contributed by atoms with Gasteiger partial charge in [-0.1, -0.05) is 18.2 Å². The van der Waals surface area contributed by atoms with E-state index in [0.29, 0.717) is 39.0 Å². The van der Waals surface area contributed by atoms with Gasteiger partial charge in [-0.25, -0.2) is 0 Å². The Labute approximate surface area is 270 Å². The molecule has 2 heterocycles. The monoisotopic (exact) mass is 635 g/mol. The maximum Gasteiger partial charge on any atom is 0.240 e. The molecule has 2 aliphatic rings. The van der Waals surface area contributed by atoms with Crippen molar-refractivity contribution < 1.29 is 19.1 Å². The molecule has 3 amide bonds. The first-order chi connectivity index (χ1) is 21.8. The van der Waals surface area contributed by atoms with Gasteiger partial charge in [0.05, 0.1) is 36.0 Å². The molecule has 11 nitrogen and oxygen atoms in total. The number of carbonyl (C=O) groups excluding carboxylic acids is 3. The molecule has 0 saturated carbocycles. The van der Waals surface area contributed by atoms with Gasteiger partial charge < -0.3 is 30.1 Å². The third kappa shape index (κ3) is 8.61. The number of nitrogens with zero attached hydrogens (tertiary/aromatic N) is 5. The molecule has 4 rings (SSSR count). The summed E-state index contributed by atoms with van der Waals surface area (Å²) in [5.41, 5.74) is 2.75. The molecule has 0 aliphatic carbocycles. The largest absolute Gasteiger partial charge is 0.495 e. The summed E-state index contributed by atoms with van der Waals surface area (Å²) in [6, 6.07) is 17.9. The number of amides is 3. The second-order valence-corrected chi connectivity index (χ2v) is 12.6. The normalized spacial score (nSPS) is 19.1. The fourth-order valence-electron chi connectivity index (χ4n) is 5.75. The van der Waals surface area contributed by atoms with E-state index in [4.69, 9.17) is 4.74 Å². The summed E-state index contributed by atoms with van der Waals surface area (Å²) in [7, 11) is 3.49. The van der Waals surface area contributed by atoms with Crippen molar-refractivity contribution in [1.82, 2.24) is 15.1 Å². The first-order valence-corrected chi connectivity index (χ1v) is 16.6. The number of likely N-dealkylation sites (N-methyl/N-ethyl adjacent to an activating group) is 1. The average molecular weight is 636 g/mol. The van der Waals surface area contributed by atoms with Crippen LogP contribution < -0.4 is 25.2 Å². The van der Waals surface area contributed by atoms with E-state index in [1.807, 2.05) is 56.3 Å². The molecule has 2 N–H and O–H groups in total. The van der Waals surface area contributed by atoms with Gasteiger partial charge in [-0.3, -0.25) is 19.3 Å². The molecule has 2 aromatic rings. The van der Waals surface area contributed by atoms with Crippen molar-refractivity contribution in [3.05, 3.63) is 48.5 Å². The van der Waals surface area contributed by atoms with Gasteiger partial charge in [0.15, 0.2) is 0 Å². The van der Waals surface area contributed by atoms with Crippen molar-refractivity contribution in [2.45, 2.75) is 37.3 Å². The van der Waals surface area contributed by atoms with E-state index in [1.54, 1.807) is 24.0 Å². The molecular weight excluding hydrogens is 590 g/mol. The van der Waals surface area contributed by atoms with Crippen LogP contribution in [0, 0.1) is 17.2 Å². The highest BCUT2D eigenvalue weighted by atomic mass is 32.2. The molecule has 0 radical (unpaired) electrons. The Morgan fingerprint density at radius 2 is 1.89 bits per heavy atom. The summed E-state index contributed by atoms with van der Waals surface area (Å²) >= 11 is 1.53. The number of para-hydroxylation sites is 2. The van der Waals surface area contributed by atoms with Crippen LogP contribution in [0.15, 0.2) is 48.5 Å². The van der Waals surface area contributed by atoms with Crippen LogP contribution in [0.25, 0.3) is 0 Å². The minimum Gasteiger partial charge on any atom is -0.495 e. The van der Waals surface area contributed by atoms with E-state index in [9.17, 15) is 19.6 Å². The molecule has 45 heavy (non-hydrogen) atoms. The summed E-state index contributed by atoms with van der Waals surface area (Å²) < 4.78 is 5.52. The zero-order valence-electron chi connectivity index (χ0n) is 26.7. The number of hydrogen-bond acceptors (Lipinski definition) is 9. The Kier molecular flexibility index (Phi) is 12.4. The number of benzene rings is 2. The van der Waals surface area contributed by atoms with Gasteiger partial charge in [0.2, 0.25) is 17.7 Å². The van der Waals surface area contributed by atoms with Gasteiger partial charge in [0.25, 0.3) is 0 Å². The standard InChI is InChI=1S/C33H45N7O4S/c1-5-35-32(42)24(22-34)20-31-40(6-2)33(43)29(45-31)14-15-36-25-10-9-11-26(21-25)37(3)30(41)23-38-16-18-39(19-17-38)27-12-7-8-13-28(27)44-4/h7-13,21,24,29,31,36H,5-6,14-20,23H2,1-4H3,(H,35,42). The van der Waals surface area contributed by atoms with Gasteiger partial charge in [-0.15, -0.1) is 11.8 Å². The fraction of sp³-hybridized carbons (Fsp3) is 0.515. The minimum atomic E-state index is -0.786. The summed E-state index contributed by atoms with van der Waals surface area (Å²) in [6.45, 7) is 8.88. The van der Waals surface area contributed by atoms with E-state index >= 15 is 0 Å². The van der Waals surface area contributed by atoms with Crippen LogP contribution in [0.5, 0.6) is 5.75 Å². The SMILES string of the molecule is CCNC(=O)C(C#N)CC1SC(CCNc2cccc(N(C)C(=O)CN3CCN(c4ccccc4OC)CC3)c2)C(=O)N1CC. The Bertz CT molecular complexity index is 1360. The Hall–Kier alpha value is -3.95. The lowest BCUT2D eigenvalue weighted by Gasteiger charge is -2.36. The van der Waals surface area contributed by atoms with Crippen molar-refractivity contribution in [2.75, 3.05) is 81.6 Å². The molecule has 242 valence electrons. The molecule has 0 bridgehead atoms. The van der Waals surface area contributed by atoms with E-state index in [0.717, 1.165) is 49.0 Å². The van der Waals surface area contributed by atoms with Gasteiger partial charge in [-0.2, -0.15) is 5.26 Å². The number of ether oxygens (including phenoxy) is 1. The zero-order chi connectivity index (χ0) is 32.3. The van der Waals surface area contributed by atoms with E-state index in [2.05, 4.69) is 32.6 Å². The summed E-state index contributed by atoms with van der Waals surface area (Å²) in [5.74, 6) is -0.140. The quantitative estimate of drug-likeness (QED) is 0.322. The Morgan fingerprint density at radius 1 is 1.13 bits per heavy atom. The number of carbonyl (C=O) groups is 3. The molecule has 0 aromatic heterocycles. The number of nitrogens with one attached hydrogen (secondary N) is 2. The number of nitriles is 1. The number of hydrogen-bond donors (Lipinski definition) is 2. The molecule has 2 aliphatic heterocycles. The van der Waals surface area contributed by atoms with Crippen LogP contribution >= 0.6 is 11.8 Å². The third-order valence-corrected chi connectivity index (χ3v) is 9.86. The van der Waals surface area contributed by atoms with Crippen LogP contribution in [0.3, 0.4) is 0 Å². The van der Waals surface area contributed by atoms with Gasteiger partial charge in [0, 0.05) is 70.7 Å². The van der Waals surface area contributed by atoms with Crippen LogP contribution in [-0.2, 0) is 14.4 Å². The smallest absolute Gasteiger partial charge is 0.240 e. The average Bonchev–Trinajstić information content (AvgIpc) is 3.36. The molecule has 2 aromatic carbocycles. The van der Waals surface area contributed by atoms with Crippen molar-refractivity contribution >= 4 is 46.5 Å². The first-order valence-electron chi connectivity index (χ1n) is 15.6. The highest BCUT2D eigenvalue weighted by Crippen LogP contribution is 2.37. The maximum atomic E-state index is 13.2. The molecule has 3 unspecified atom stereocenters. The highest BCUT2D eigenvalue weighted by Gasteiger charge is 2.40. The van der Waals surface area contributed by atoms with Crippen molar-refractivity contribution in [2.24, 2.45) is 5.92 Å². The van der Waals surface area contributed by atoms with E-state index < -0.39 is 5.92 Å². The highest BCUT2D eigenvalue weighted by molar-refractivity contribution is 8.01. The topological polar surface area (TPSA) is 121 Å². The van der Waals surface area contributed by atoms with E-state index in [1.165, 1.54) is 11.8 Å². The van der Waals surface area contributed by atoms with Crippen LogP contribution in [0.2, 0.25) is 0 Å². The number of rotatable bonds is 14. The third-order valence-electron chi connectivity index (χ3n) is 8.33.